The summed E-state index contributed by atoms with van der Waals surface area (Å²) >= 11 is 0. The zero-order valence-corrected chi connectivity index (χ0v) is 12.6. The van der Waals surface area contributed by atoms with Crippen molar-refractivity contribution < 1.29 is 17.4 Å². The molecule has 1 N–H and O–H groups in total. The molecule has 0 fully saturated rings. The lowest BCUT2D eigenvalue weighted by molar-refractivity contribution is -0.137. The molecule has 0 amide bonds. The van der Waals surface area contributed by atoms with E-state index < -0.39 is 22.5 Å². The number of halogens is 3. The Morgan fingerprint density at radius 2 is 1.95 bits per heavy atom. The van der Waals surface area contributed by atoms with Crippen molar-refractivity contribution in [2.45, 2.75) is 38.5 Å². The van der Waals surface area contributed by atoms with Gasteiger partial charge in [-0.25, -0.2) is 0 Å². The van der Waals surface area contributed by atoms with Gasteiger partial charge in [-0.3, -0.25) is 4.21 Å². The molecule has 6 heteroatoms. The number of alkyl halides is 3. The molecule has 2 nitrogen and oxygen atoms in total. The van der Waals surface area contributed by atoms with Crippen LogP contribution in [0.4, 0.5) is 13.2 Å². The number of hydrogen-bond acceptors (Lipinski definition) is 2. The molecule has 0 bridgehead atoms. The summed E-state index contributed by atoms with van der Waals surface area (Å²) in [6.45, 7) is 3.77. The van der Waals surface area contributed by atoms with Crippen LogP contribution in [0.25, 0.3) is 0 Å². The first-order chi connectivity index (χ1) is 9.20. The van der Waals surface area contributed by atoms with Gasteiger partial charge in [0.1, 0.15) is 0 Å². The largest absolute Gasteiger partial charge is 0.416 e. The number of nitrogens with one attached hydrogen (secondary N) is 1. The topological polar surface area (TPSA) is 29.1 Å². The van der Waals surface area contributed by atoms with Crippen LogP contribution in [0, 0.1) is 0 Å². The van der Waals surface area contributed by atoms with E-state index >= 15 is 0 Å². The van der Waals surface area contributed by atoms with E-state index in [1.165, 1.54) is 12.1 Å². The van der Waals surface area contributed by atoms with E-state index in [0.717, 1.165) is 12.5 Å². The van der Waals surface area contributed by atoms with Crippen LogP contribution in [0.1, 0.15) is 37.4 Å². The maximum atomic E-state index is 12.6. The third kappa shape index (κ3) is 5.63. The molecule has 1 rings (SSSR count). The Balaban J connectivity index is 2.68. The average molecular weight is 307 g/mol. The van der Waals surface area contributed by atoms with Crippen molar-refractivity contribution >= 4 is 10.8 Å². The molecule has 3 unspecified atom stereocenters. The maximum Gasteiger partial charge on any atom is 0.416 e. The molecule has 0 aliphatic carbocycles. The zero-order valence-electron chi connectivity index (χ0n) is 11.8. The van der Waals surface area contributed by atoms with Gasteiger partial charge < -0.3 is 5.32 Å². The first kappa shape index (κ1) is 17.2. The Kier molecular flexibility index (Phi) is 6.20. The van der Waals surface area contributed by atoms with Crippen LogP contribution in [0.15, 0.2) is 24.3 Å². The Labute approximate surface area is 120 Å². The molecule has 0 saturated heterocycles. The van der Waals surface area contributed by atoms with Gasteiger partial charge in [-0.05, 0) is 38.0 Å². The fourth-order valence-electron chi connectivity index (χ4n) is 1.93. The van der Waals surface area contributed by atoms with Crippen molar-refractivity contribution in [1.82, 2.24) is 5.32 Å². The lowest BCUT2D eigenvalue weighted by atomic mass is 10.0. The van der Waals surface area contributed by atoms with Crippen LogP contribution in [-0.4, -0.2) is 22.3 Å². The third-order valence-corrected chi connectivity index (χ3v) is 3.90. The second-order valence-corrected chi connectivity index (χ2v) is 6.53. The molecule has 0 radical (unpaired) electrons. The molecular formula is C14H20F3NOS. The molecule has 1 aromatic carbocycles. The van der Waals surface area contributed by atoms with Crippen molar-refractivity contribution in [3.63, 3.8) is 0 Å². The minimum Gasteiger partial charge on any atom is -0.308 e. The molecule has 20 heavy (non-hydrogen) atoms. The molecule has 0 aliphatic heterocycles. The Morgan fingerprint density at radius 3 is 2.50 bits per heavy atom. The van der Waals surface area contributed by atoms with Crippen molar-refractivity contribution in [3.05, 3.63) is 35.4 Å². The lowest BCUT2D eigenvalue weighted by Crippen LogP contribution is -2.30. The van der Waals surface area contributed by atoms with Crippen molar-refractivity contribution in [1.29, 1.82) is 0 Å². The van der Waals surface area contributed by atoms with Gasteiger partial charge in [0.05, 0.1) is 5.56 Å². The van der Waals surface area contributed by atoms with Crippen LogP contribution in [0.2, 0.25) is 0 Å². The molecule has 1 aromatic rings. The van der Waals surface area contributed by atoms with Gasteiger partial charge in [0.2, 0.25) is 0 Å². The van der Waals surface area contributed by atoms with Gasteiger partial charge >= 0.3 is 6.18 Å². The minimum absolute atomic E-state index is 0.100. The second kappa shape index (κ2) is 7.22. The van der Waals surface area contributed by atoms with Gasteiger partial charge in [-0.15, -0.1) is 0 Å². The smallest absolute Gasteiger partial charge is 0.308 e. The molecule has 3 atom stereocenters. The van der Waals surface area contributed by atoms with Crippen LogP contribution in [0.5, 0.6) is 0 Å². The molecule has 0 aliphatic rings. The van der Waals surface area contributed by atoms with E-state index in [0.29, 0.717) is 11.3 Å². The summed E-state index contributed by atoms with van der Waals surface area (Å²) in [4.78, 5) is 0. The fraction of sp³-hybridized carbons (Fsp3) is 0.571. The van der Waals surface area contributed by atoms with Gasteiger partial charge in [0.25, 0.3) is 0 Å². The van der Waals surface area contributed by atoms with E-state index in [9.17, 15) is 17.4 Å². The summed E-state index contributed by atoms with van der Waals surface area (Å²) in [7, 11) is -0.850. The number of rotatable bonds is 6. The quantitative estimate of drug-likeness (QED) is 0.871. The maximum absolute atomic E-state index is 12.6. The predicted octanol–water partition coefficient (Wildman–Crippen LogP) is 3.51. The standard InChI is InChI=1S/C14H20F3NOS/c1-10(7-8-20(3)19)18-11(2)12-5-4-6-13(9-12)14(15,16)17/h4-6,9-11,18H,7-8H2,1-3H3. The Morgan fingerprint density at radius 1 is 1.30 bits per heavy atom. The highest BCUT2D eigenvalue weighted by molar-refractivity contribution is 7.84. The number of hydrogen-bond donors (Lipinski definition) is 1. The predicted molar refractivity (Wildman–Crippen MR) is 76.0 cm³/mol. The van der Waals surface area contributed by atoms with Gasteiger partial charge in [0.15, 0.2) is 0 Å². The van der Waals surface area contributed by atoms with Crippen LogP contribution in [-0.2, 0) is 17.0 Å². The monoisotopic (exact) mass is 307 g/mol. The van der Waals surface area contributed by atoms with Gasteiger partial charge in [-0.2, -0.15) is 13.2 Å². The van der Waals surface area contributed by atoms with Crippen molar-refractivity contribution in [3.8, 4) is 0 Å². The van der Waals surface area contributed by atoms with Crippen molar-refractivity contribution in [2.24, 2.45) is 0 Å². The van der Waals surface area contributed by atoms with E-state index in [1.807, 2.05) is 13.8 Å². The fourth-order valence-corrected chi connectivity index (χ4v) is 2.62. The van der Waals surface area contributed by atoms with E-state index in [-0.39, 0.29) is 12.1 Å². The summed E-state index contributed by atoms with van der Waals surface area (Å²) in [5.74, 6) is 0.587. The summed E-state index contributed by atoms with van der Waals surface area (Å²) < 4.78 is 49.0. The molecule has 0 aromatic heterocycles. The molecule has 0 saturated carbocycles. The highest BCUT2D eigenvalue weighted by Gasteiger charge is 2.30. The molecule has 114 valence electrons. The molecule has 0 spiro atoms. The van der Waals surface area contributed by atoms with E-state index in [1.54, 1.807) is 12.3 Å². The Bertz CT molecular complexity index is 462. The number of benzene rings is 1. The van der Waals surface area contributed by atoms with Crippen LogP contribution < -0.4 is 5.32 Å². The SMILES string of the molecule is CC(CCS(C)=O)NC(C)c1cccc(C(F)(F)F)c1. The zero-order chi connectivity index (χ0) is 15.3. The average Bonchev–Trinajstić information content (AvgIpc) is 2.35. The highest BCUT2D eigenvalue weighted by atomic mass is 32.2. The third-order valence-electron chi connectivity index (χ3n) is 3.09. The summed E-state index contributed by atoms with van der Waals surface area (Å²) in [5, 5.41) is 3.23. The second-order valence-electron chi connectivity index (χ2n) is 4.98. The normalized spacial score (nSPS) is 16.7. The van der Waals surface area contributed by atoms with Crippen LogP contribution >= 0.6 is 0 Å². The van der Waals surface area contributed by atoms with Gasteiger partial charge in [0, 0.05) is 34.9 Å². The lowest BCUT2D eigenvalue weighted by Gasteiger charge is -2.21. The van der Waals surface area contributed by atoms with Crippen LogP contribution in [0.3, 0.4) is 0 Å². The van der Waals surface area contributed by atoms with E-state index in [2.05, 4.69) is 5.32 Å². The molecule has 0 heterocycles. The Hall–Kier alpha value is -0.880. The van der Waals surface area contributed by atoms with Gasteiger partial charge in [-0.1, -0.05) is 12.1 Å². The first-order valence-electron chi connectivity index (χ1n) is 6.43. The summed E-state index contributed by atoms with van der Waals surface area (Å²) in [6, 6.07) is 5.25. The molecular weight excluding hydrogens is 287 g/mol. The summed E-state index contributed by atoms with van der Waals surface area (Å²) in [5.41, 5.74) is -0.0322. The summed E-state index contributed by atoms with van der Waals surface area (Å²) in [6.07, 6.45) is -1.95. The van der Waals surface area contributed by atoms with E-state index in [4.69, 9.17) is 0 Å². The minimum atomic E-state index is -4.32. The highest BCUT2D eigenvalue weighted by Crippen LogP contribution is 2.30. The van der Waals surface area contributed by atoms with Crippen molar-refractivity contribution in [2.75, 3.05) is 12.0 Å². The first-order valence-corrected chi connectivity index (χ1v) is 8.16.